The lowest BCUT2D eigenvalue weighted by molar-refractivity contribution is -0.271. The molecule has 1 spiro atoms. The number of hydrogen-bond acceptors (Lipinski definition) is 3. The van der Waals surface area contributed by atoms with Crippen LogP contribution in [0.1, 0.15) is 25.7 Å². The minimum absolute atomic E-state index is 0.211. The first-order chi connectivity index (χ1) is 5.87. The van der Waals surface area contributed by atoms with Crippen LogP contribution in [0, 0.1) is 0 Å². The summed E-state index contributed by atoms with van der Waals surface area (Å²) in [7, 11) is 0. The van der Waals surface area contributed by atoms with Gasteiger partial charge in [0.1, 0.15) is 0 Å². The summed E-state index contributed by atoms with van der Waals surface area (Å²) in [4.78, 5) is 0. The molecule has 1 heterocycles. The molecule has 1 aliphatic carbocycles. The average Bonchev–Trinajstić information content (AvgIpc) is 2.75. The van der Waals surface area contributed by atoms with E-state index < -0.39 is 17.4 Å². The number of nitrogens with zero attached hydrogens (tertiary/aromatic N) is 2. The highest BCUT2D eigenvalue weighted by atomic mass is 19.4. The second kappa shape index (κ2) is 2.23. The Hall–Kier alpha value is -0.650. The van der Waals surface area contributed by atoms with Gasteiger partial charge in [0.15, 0.2) is 11.3 Å². The summed E-state index contributed by atoms with van der Waals surface area (Å²) >= 11 is 0. The van der Waals surface area contributed by atoms with E-state index in [0.29, 0.717) is 0 Å². The third kappa shape index (κ3) is 1.33. The largest absolute Gasteiger partial charge is 0.417 e. The van der Waals surface area contributed by atoms with Crippen molar-refractivity contribution in [3.63, 3.8) is 0 Å². The smallest absolute Gasteiger partial charge is 0.380 e. The Morgan fingerprint density at radius 3 is 1.77 bits per heavy atom. The molecule has 1 saturated carbocycles. The maximum Gasteiger partial charge on any atom is 0.417 e. The number of alkyl halides is 3. The molecule has 13 heavy (non-hydrogen) atoms. The fourth-order valence-corrected chi connectivity index (χ4v) is 1.62. The third-order valence-corrected chi connectivity index (χ3v) is 2.79. The van der Waals surface area contributed by atoms with Gasteiger partial charge in [-0.25, -0.2) is 0 Å². The predicted octanol–water partition coefficient (Wildman–Crippen LogP) is 2.02. The molecule has 0 aromatic heterocycles. The summed E-state index contributed by atoms with van der Waals surface area (Å²) in [6.45, 7) is 0. The van der Waals surface area contributed by atoms with Crippen LogP contribution in [0.3, 0.4) is 0 Å². The lowest BCUT2D eigenvalue weighted by Gasteiger charge is -2.35. The molecule has 74 valence electrons. The van der Waals surface area contributed by atoms with Gasteiger partial charge in [0.2, 0.25) is 0 Å². The fraction of sp³-hybridized carbons (Fsp3) is 1.00. The average molecular weight is 194 g/mol. The molecule has 2 rings (SSSR count). The molecule has 1 aliphatic heterocycles. The molecule has 0 atom stereocenters. The molecule has 3 nitrogen and oxygen atoms in total. The van der Waals surface area contributed by atoms with Gasteiger partial charge < -0.3 is 5.11 Å². The van der Waals surface area contributed by atoms with Gasteiger partial charge in [-0.1, -0.05) is 0 Å². The highest BCUT2D eigenvalue weighted by Gasteiger charge is 2.59. The van der Waals surface area contributed by atoms with Crippen molar-refractivity contribution in [2.75, 3.05) is 0 Å². The minimum atomic E-state index is -4.52. The molecule has 2 aliphatic rings. The zero-order valence-electron chi connectivity index (χ0n) is 6.80. The van der Waals surface area contributed by atoms with Crippen LogP contribution in [0.15, 0.2) is 10.2 Å². The number of rotatable bonds is 0. The molecule has 6 heteroatoms. The molecule has 0 unspecified atom stereocenters. The summed E-state index contributed by atoms with van der Waals surface area (Å²) in [5.74, 6) is 0. The van der Waals surface area contributed by atoms with E-state index in [9.17, 15) is 18.3 Å². The summed E-state index contributed by atoms with van der Waals surface area (Å²) in [5.41, 5.74) is -3.07. The van der Waals surface area contributed by atoms with Crippen LogP contribution in [0.5, 0.6) is 0 Å². The number of aliphatic hydroxyl groups is 1. The van der Waals surface area contributed by atoms with Crippen molar-refractivity contribution >= 4 is 0 Å². The topological polar surface area (TPSA) is 45.0 Å². The third-order valence-electron chi connectivity index (χ3n) is 2.79. The first-order valence-corrected chi connectivity index (χ1v) is 4.10. The van der Waals surface area contributed by atoms with Gasteiger partial charge in [-0.2, -0.15) is 23.4 Å². The van der Waals surface area contributed by atoms with E-state index in [0.717, 1.165) is 0 Å². The second-order valence-corrected chi connectivity index (χ2v) is 3.71. The van der Waals surface area contributed by atoms with Gasteiger partial charge in [0, 0.05) is 0 Å². The van der Waals surface area contributed by atoms with Crippen LogP contribution in [0.4, 0.5) is 13.2 Å². The van der Waals surface area contributed by atoms with E-state index in [1.165, 1.54) is 0 Å². The van der Waals surface area contributed by atoms with Crippen LogP contribution in [0.2, 0.25) is 0 Å². The number of halogens is 3. The van der Waals surface area contributed by atoms with E-state index >= 15 is 0 Å². The lowest BCUT2D eigenvalue weighted by Crippen LogP contribution is -2.49. The zero-order chi connectivity index (χ0) is 9.74. The molecule has 1 N–H and O–H groups in total. The molecule has 0 saturated heterocycles. The molecule has 1 fully saturated rings. The highest BCUT2D eigenvalue weighted by molar-refractivity contribution is 5.03. The van der Waals surface area contributed by atoms with Crippen LogP contribution >= 0.6 is 0 Å². The van der Waals surface area contributed by atoms with Crippen molar-refractivity contribution in [1.29, 1.82) is 0 Å². The SMILES string of the molecule is OC1(C(F)(F)F)CCC2(CC1)N=N2. The molecular formula is C7H9F3N2O. The standard InChI is InChI=1S/C7H9F3N2O/c8-7(9,10)5(13)1-3-6(4-2-5)11-12-6/h13H,1-4H2. The van der Waals surface area contributed by atoms with Crippen LogP contribution in [0.25, 0.3) is 0 Å². The van der Waals surface area contributed by atoms with Crippen molar-refractivity contribution in [1.82, 2.24) is 0 Å². The van der Waals surface area contributed by atoms with E-state index in [1.54, 1.807) is 0 Å². The zero-order valence-corrected chi connectivity index (χ0v) is 6.80. The lowest BCUT2D eigenvalue weighted by atomic mass is 9.80. The van der Waals surface area contributed by atoms with Crippen molar-refractivity contribution in [2.24, 2.45) is 10.2 Å². The molecule has 0 aromatic carbocycles. The molecule has 0 bridgehead atoms. The van der Waals surface area contributed by atoms with Gasteiger partial charge in [-0.3, -0.25) is 0 Å². The monoisotopic (exact) mass is 194 g/mol. The van der Waals surface area contributed by atoms with E-state index in [2.05, 4.69) is 10.2 Å². The van der Waals surface area contributed by atoms with Crippen molar-refractivity contribution < 1.29 is 18.3 Å². The predicted molar refractivity (Wildman–Crippen MR) is 37.1 cm³/mol. The van der Waals surface area contributed by atoms with Gasteiger partial charge in [0.05, 0.1) is 0 Å². The Balaban J connectivity index is 2.03. The Bertz CT molecular complexity index is 245. The maximum atomic E-state index is 12.3. The minimum Gasteiger partial charge on any atom is -0.380 e. The molecule has 0 radical (unpaired) electrons. The first-order valence-electron chi connectivity index (χ1n) is 4.10. The van der Waals surface area contributed by atoms with E-state index in [-0.39, 0.29) is 25.7 Å². The van der Waals surface area contributed by atoms with Crippen LogP contribution in [-0.4, -0.2) is 22.5 Å². The summed E-state index contributed by atoms with van der Waals surface area (Å²) < 4.78 is 36.9. The Labute approximate surface area is 72.7 Å². The fourth-order valence-electron chi connectivity index (χ4n) is 1.62. The Kier molecular flexibility index (Phi) is 1.53. The Morgan fingerprint density at radius 1 is 1.00 bits per heavy atom. The van der Waals surface area contributed by atoms with Gasteiger partial charge >= 0.3 is 6.18 Å². The molecule has 0 aromatic rings. The van der Waals surface area contributed by atoms with Crippen LogP contribution < -0.4 is 0 Å². The van der Waals surface area contributed by atoms with Gasteiger partial charge in [0.25, 0.3) is 0 Å². The van der Waals surface area contributed by atoms with E-state index in [4.69, 9.17) is 0 Å². The number of hydrogen-bond donors (Lipinski definition) is 1. The maximum absolute atomic E-state index is 12.3. The van der Waals surface area contributed by atoms with Crippen molar-refractivity contribution in [3.8, 4) is 0 Å². The highest BCUT2D eigenvalue weighted by Crippen LogP contribution is 2.50. The normalized spacial score (nSPS) is 29.2. The van der Waals surface area contributed by atoms with Crippen LogP contribution in [-0.2, 0) is 0 Å². The molecule has 0 amide bonds. The van der Waals surface area contributed by atoms with Crippen molar-refractivity contribution in [2.45, 2.75) is 43.1 Å². The quantitative estimate of drug-likeness (QED) is 0.629. The summed E-state index contributed by atoms with van der Waals surface area (Å²) in [6.07, 6.45) is -4.68. The Morgan fingerprint density at radius 2 is 1.46 bits per heavy atom. The van der Waals surface area contributed by atoms with Gasteiger partial charge in [-0.05, 0) is 25.7 Å². The summed E-state index contributed by atoms with van der Waals surface area (Å²) in [6, 6.07) is 0. The van der Waals surface area contributed by atoms with E-state index in [1.807, 2.05) is 0 Å². The van der Waals surface area contributed by atoms with Gasteiger partial charge in [-0.15, -0.1) is 0 Å². The molecular weight excluding hydrogens is 185 g/mol. The van der Waals surface area contributed by atoms with Crippen molar-refractivity contribution in [3.05, 3.63) is 0 Å². The second-order valence-electron chi connectivity index (χ2n) is 3.71. The first kappa shape index (κ1) is 8.93. The summed E-state index contributed by atoms with van der Waals surface area (Å²) in [5, 5.41) is 16.6.